The zero-order valence-corrected chi connectivity index (χ0v) is 3.96. The molecule has 0 saturated carbocycles. The molecule has 0 rings (SSSR count). The van der Waals surface area contributed by atoms with E-state index in [4.69, 9.17) is 19.7 Å². The highest BCUT2D eigenvalue weighted by Gasteiger charge is 2.12. The second-order valence-electron chi connectivity index (χ2n) is 0.810. The van der Waals surface area contributed by atoms with Gasteiger partial charge in [-0.25, -0.2) is 0 Å². The van der Waals surface area contributed by atoms with Crippen molar-refractivity contribution in [2.45, 2.75) is 0 Å². The van der Waals surface area contributed by atoms with Crippen LogP contribution in [0.3, 0.4) is 0 Å². The molecule has 0 amide bonds. The fourth-order valence-corrected chi connectivity index (χ4v) is 0. The van der Waals surface area contributed by atoms with Crippen LogP contribution >= 0.6 is 7.60 Å². The third-order valence-corrected chi connectivity index (χ3v) is 0.714. The number of hydrogen-bond acceptors (Lipinski definition) is 3. The normalized spacial score (nSPS) is 11.1. The van der Waals surface area contributed by atoms with Crippen molar-refractivity contribution >= 4 is 13.3 Å². The number of carbonyl (C=O) groups excluding carboxylic acids is 1. The van der Waals surface area contributed by atoms with Crippen LogP contribution < -0.4 is 5.11 Å². The van der Waals surface area contributed by atoms with E-state index in [1.165, 1.54) is 0 Å². The second-order valence-corrected chi connectivity index (χ2v) is 2.26. The molecule has 42 valence electrons. The summed E-state index contributed by atoms with van der Waals surface area (Å²) in [5.74, 6) is 0. The van der Waals surface area contributed by atoms with Gasteiger partial charge in [0.15, 0.2) is 5.71 Å². The Balaban J connectivity index is 4.09. The van der Waals surface area contributed by atoms with E-state index in [0.29, 0.717) is 0 Å². The van der Waals surface area contributed by atoms with Gasteiger partial charge in [0.05, 0.1) is 0 Å². The molecule has 0 aliphatic rings. The summed E-state index contributed by atoms with van der Waals surface area (Å²) in [6, 6.07) is 0. The van der Waals surface area contributed by atoms with Crippen LogP contribution in [0.2, 0.25) is 0 Å². The van der Waals surface area contributed by atoms with Gasteiger partial charge in [-0.3, -0.25) is 4.57 Å². The molecule has 0 saturated heterocycles. The van der Waals surface area contributed by atoms with Crippen LogP contribution in [0, 0.1) is 0 Å². The molecule has 0 unspecified atom stereocenters. The Morgan fingerprint density at radius 1 is 1.57 bits per heavy atom. The molecule has 6 heteroatoms. The van der Waals surface area contributed by atoms with Crippen molar-refractivity contribution in [3.63, 3.8) is 0 Å². The van der Waals surface area contributed by atoms with Gasteiger partial charge >= 0.3 is 7.60 Å². The summed E-state index contributed by atoms with van der Waals surface area (Å²) in [7, 11) is -4.93. The third-order valence-electron chi connectivity index (χ3n) is 0.238. The Morgan fingerprint density at radius 2 is 1.71 bits per heavy atom. The van der Waals surface area contributed by atoms with Crippen molar-refractivity contribution in [1.29, 1.82) is 0 Å². The van der Waals surface area contributed by atoms with Crippen LogP contribution in [0.1, 0.15) is 0 Å². The summed E-state index contributed by atoms with van der Waals surface area (Å²) in [5.41, 5.74) is -2.34. The maximum atomic E-state index is 9.36. The Bertz CT molecular complexity index is 120. The van der Waals surface area contributed by atoms with Gasteiger partial charge in [0.1, 0.15) is 0 Å². The fourth-order valence-electron chi connectivity index (χ4n) is 0. The standard InChI is InChI=1S/CH3O5P/c2-1(3)7(4,5)6/h(H,2,3)(H2,4,5,6)/p-1. The van der Waals surface area contributed by atoms with Crippen molar-refractivity contribution in [1.82, 2.24) is 0 Å². The first kappa shape index (κ1) is 6.62. The van der Waals surface area contributed by atoms with Crippen LogP contribution in [0.15, 0.2) is 0 Å². The van der Waals surface area contributed by atoms with Crippen LogP contribution in [-0.4, -0.2) is 15.5 Å². The first-order valence-electron chi connectivity index (χ1n) is 1.21. The monoisotopic (exact) mass is 125 g/mol. The maximum absolute atomic E-state index is 9.36. The molecule has 0 bridgehead atoms. The van der Waals surface area contributed by atoms with Gasteiger partial charge in [0, 0.05) is 0 Å². The average Bonchev–Trinajstić information content (AvgIpc) is 1.31. The number of rotatable bonds is 1. The molecule has 0 fully saturated rings. The topological polar surface area (TPSA) is 97.7 Å². The lowest BCUT2D eigenvalue weighted by Gasteiger charge is -2.00. The summed E-state index contributed by atoms with van der Waals surface area (Å²) < 4.78 is 9.36. The van der Waals surface area contributed by atoms with Gasteiger partial charge in [-0.2, -0.15) is 0 Å². The number of carbonyl (C=O) groups is 1. The molecule has 0 spiro atoms. The molecule has 2 N–H and O–H groups in total. The number of hydrogen-bond donors (Lipinski definition) is 2. The van der Waals surface area contributed by atoms with E-state index in [1.807, 2.05) is 0 Å². The van der Waals surface area contributed by atoms with Crippen molar-refractivity contribution in [2.75, 3.05) is 0 Å². The van der Waals surface area contributed by atoms with Crippen LogP contribution in [0.25, 0.3) is 0 Å². The van der Waals surface area contributed by atoms with E-state index in [9.17, 15) is 4.57 Å². The SMILES string of the molecule is O=C([O-])P(=O)(O)O. The predicted molar refractivity (Wildman–Crippen MR) is 17.4 cm³/mol. The minimum atomic E-state index is -4.93. The lowest BCUT2D eigenvalue weighted by atomic mass is 11.6. The highest BCUT2D eigenvalue weighted by atomic mass is 31.2. The molecule has 7 heavy (non-hydrogen) atoms. The predicted octanol–water partition coefficient (Wildman–Crippen LogP) is -1.49. The van der Waals surface area contributed by atoms with Gasteiger partial charge in [-0.1, -0.05) is 0 Å². The minimum absolute atomic E-state index is 2.34. The minimum Gasteiger partial charge on any atom is -0.538 e. The first-order chi connectivity index (χ1) is 2.94. The third kappa shape index (κ3) is 2.33. The Labute approximate surface area is 38.7 Å². The van der Waals surface area contributed by atoms with Crippen LogP contribution in [0.4, 0.5) is 4.79 Å². The van der Waals surface area contributed by atoms with Crippen LogP contribution in [-0.2, 0) is 4.57 Å². The van der Waals surface area contributed by atoms with Crippen molar-refractivity contribution in [3.05, 3.63) is 0 Å². The molecule has 0 atom stereocenters. The molecule has 0 aromatic heterocycles. The van der Waals surface area contributed by atoms with Crippen LogP contribution in [0.5, 0.6) is 0 Å². The molecular formula is CH2O5P-. The van der Waals surface area contributed by atoms with Gasteiger partial charge in [-0.05, 0) is 0 Å². The molecule has 0 radical (unpaired) electrons. The Kier molecular flexibility index (Phi) is 1.53. The van der Waals surface area contributed by atoms with Gasteiger partial charge < -0.3 is 19.7 Å². The summed E-state index contributed by atoms with van der Waals surface area (Å²) in [5, 5.41) is 9.15. The number of carboxylic acid groups (broad SMARTS) is 1. The summed E-state index contributed by atoms with van der Waals surface area (Å²) in [6.45, 7) is 0. The lowest BCUT2D eigenvalue weighted by Crippen LogP contribution is -2.19. The van der Waals surface area contributed by atoms with Crippen molar-refractivity contribution in [2.24, 2.45) is 0 Å². The maximum Gasteiger partial charge on any atom is 0.371 e. The molecule has 0 aromatic rings. The smallest absolute Gasteiger partial charge is 0.371 e. The lowest BCUT2D eigenvalue weighted by molar-refractivity contribution is -0.236. The molecule has 0 aliphatic heterocycles. The Morgan fingerprint density at radius 3 is 1.71 bits per heavy atom. The van der Waals surface area contributed by atoms with Gasteiger partial charge in [0.2, 0.25) is 0 Å². The van der Waals surface area contributed by atoms with Gasteiger partial charge in [0.25, 0.3) is 0 Å². The highest BCUT2D eigenvalue weighted by Crippen LogP contribution is 2.32. The quantitative estimate of drug-likeness (QED) is 0.416. The van der Waals surface area contributed by atoms with Gasteiger partial charge in [-0.15, -0.1) is 0 Å². The molecular weight excluding hydrogens is 123 g/mol. The molecule has 0 aliphatic carbocycles. The largest absolute Gasteiger partial charge is 0.538 e. The summed E-state index contributed by atoms with van der Waals surface area (Å²) >= 11 is 0. The summed E-state index contributed by atoms with van der Waals surface area (Å²) in [6.07, 6.45) is 0. The van der Waals surface area contributed by atoms with E-state index < -0.39 is 13.3 Å². The molecule has 0 heterocycles. The molecule has 5 nitrogen and oxygen atoms in total. The van der Waals surface area contributed by atoms with E-state index in [2.05, 4.69) is 0 Å². The van der Waals surface area contributed by atoms with E-state index in [0.717, 1.165) is 0 Å². The highest BCUT2D eigenvalue weighted by molar-refractivity contribution is 7.69. The van der Waals surface area contributed by atoms with Crippen molar-refractivity contribution in [3.8, 4) is 0 Å². The second kappa shape index (κ2) is 1.61. The summed E-state index contributed by atoms with van der Waals surface area (Å²) in [4.78, 5) is 24.2. The zero-order valence-electron chi connectivity index (χ0n) is 3.07. The van der Waals surface area contributed by atoms with Crippen molar-refractivity contribution < 1.29 is 24.3 Å². The van der Waals surface area contributed by atoms with E-state index >= 15 is 0 Å². The van der Waals surface area contributed by atoms with E-state index in [1.54, 1.807) is 0 Å². The van der Waals surface area contributed by atoms with E-state index in [-0.39, 0.29) is 0 Å². The fraction of sp³-hybridized carbons (Fsp3) is 0. The first-order valence-corrected chi connectivity index (χ1v) is 2.83. The Hall–Kier alpha value is -0.380. The average molecular weight is 125 g/mol. The zero-order chi connectivity index (χ0) is 6.08. The molecule has 0 aromatic carbocycles.